The first-order valence-corrected chi connectivity index (χ1v) is 4.29. The predicted octanol–water partition coefficient (Wildman–Crippen LogP) is 1.44. The molecule has 0 aromatic carbocycles. The average molecular weight is 184 g/mol. The Morgan fingerprint density at radius 3 is 3.00 bits per heavy atom. The van der Waals surface area contributed by atoms with E-state index in [0.29, 0.717) is 5.56 Å². The van der Waals surface area contributed by atoms with Crippen molar-refractivity contribution in [1.29, 1.82) is 0 Å². The van der Waals surface area contributed by atoms with E-state index in [1.165, 1.54) is 6.20 Å². The second kappa shape index (κ2) is 3.38. The van der Waals surface area contributed by atoms with Gasteiger partial charge in [0.25, 0.3) is 0 Å². The summed E-state index contributed by atoms with van der Waals surface area (Å²) in [7, 11) is 0. The maximum absolute atomic E-state index is 13.2. The first kappa shape index (κ1) is 8.56. The summed E-state index contributed by atoms with van der Waals surface area (Å²) >= 11 is 0. The molecular weight excluding hydrogens is 174 g/mol. The molecule has 1 fully saturated rings. The molecular formula is C9H10F2N2. The number of nitrogens with one attached hydrogen (secondary N) is 1. The molecule has 1 aromatic rings. The number of nitrogens with zero attached hydrogens (tertiary/aromatic N) is 1. The molecule has 0 radical (unpaired) electrons. The predicted molar refractivity (Wildman–Crippen MR) is 44.4 cm³/mol. The average Bonchev–Trinajstić information content (AvgIpc) is 2.62. The van der Waals surface area contributed by atoms with Crippen LogP contribution in [0.4, 0.5) is 8.78 Å². The zero-order valence-corrected chi connectivity index (χ0v) is 7.06. The molecule has 2 rings (SSSR count). The van der Waals surface area contributed by atoms with E-state index in [1.807, 2.05) is 0 Å². The van der Waals surface area contributed by atoms with Crippen molar-refractivity contribution in [2.75, 3.05) is 13.1 Å². The molecule has 1 atom stereocenters. The molecule has 1 aromatic heterocycles. The van der Waals surface area contributed by atoms with Crippen LogP contribution in [0.1, 0.15) is 17.9 Å². The lowest BCUT2D eigenvalue weighted by atomic mass is 9.99. The van der Waals surface area contributed by atoms with E-state index in [-0.39, 0.29) is 5.92 Å². The van der Waals surface area contributed by atoms with Crippen molar-refractivity contribution in [2.45, 2.75) is 12.3 Å². The van der Waals surface area contributed by atoms with Crippen molar-refractivity contribution >= 4 is 0 Å². The van der Waals surface area contributed by atoms with Gasteiger partial charge in [-0.25, -0.2) is 9.37 Å². The largest absolute Gasteiger partial charge is 0.316 e. The van der Waals surface area contributed by atoms with Crippen molar-refractivity contribution in [1.82, 2.24) is 10.3 Å². The van der Waals surface area contributed by atoms with E-state index in [4.69, 9.17) is 0 Å². The quantitative estimate of drug-likeness (QED) is 0.668. The summed E-state index contributed by atoms with van der Waals surface area (Å²) in [6, 6.07) is 1.55. The Hall–Kier alpha value is -1.03. The number of halogens is 2. The number of aromatic nitrogens is 1. The first-order valence-electron chi connectivity index (χ1n) is 4.29. The van der Waals surface area contributed by atoms with Gasteiger partial charge in [0, 0.05) is 18.7 Å². The summed E-state index contributed by atoms with van der Waals surface area (Å²) in [5.74, 6) is -1.70. The van der Waals surface area contributed by atoms with Crippen LogP contribution >= 0.6 is 0 Å². The lowest BCUT2D eigenvalue weighted by molar-refractivity contribution is 0.464. The summed E-state index contributed by atoms with van der Waals surface area (Å²) < 4.78 is 25.9. The van der Waals surface area contributed by atoms with Crippen LogP contribution in [0, 0.1) is 11.8 Å². The van der Waals surface area contributed by atoms with Crippen LogP contribution in [0.3, 0.4) is 0 Å². The SMILES string of the molecule is Fc1nccc(C2CCNC2)c1F. The van der Waals surface area contributed by atoms with Crippen LogP contribution in [-0.2, 0) is 0 Å². The van der Waals surface area contributed by atoms with Crippen LogP contribution in [0.5, 0.6) is 0 Å². The van der Waals surface area contributed by atoms with E-state index in [1.54, 1.807) is 6.07 Å². The zero-order valence-electron chi connectivity index (χ0n) is 7.06. The molecule has 4 heteroatoms. The maximum Gasteiger partial charge on any atom is 0.249 e. The van der Waals surface area contributed by atoms with Crippen molar-refractivity contribution in [3.05, 3.63) is 29.6 Å². The van der Waals surface area contributed by atoms with Crippen molar-refractivity contribution in [3.8, 4) is 0 Å². The summed E-state index contributed by atoms with van der Waals surface area (Å²) in [4.78, 5) is 3.25. The van der Waals surface area contributed by atoms with Gasteiger partial charge in [-0.2, -0.15) is 4.39 Å². The lowest BCUT2D eigenvalue weighted by Gasteiger charge is -2.08. The molecule has 0 aliphatic carbocycles. The van der Waals surface area contributed by atoms with Crippen LogP contribution in [0.2, 0.25) is 0 Å². The van der Waals surface area contributed by atoms with Gasteiger partial charge in [-0.15, -0.1) is 0 Å². The highest BCUT2D eigenvalue weighted by molar-refractivity contribution is 5.20. The fraction of sp³-hybridized carbons (Fsp3) is 0.444. The zero-order chi connectivity index (χ0) is 9.26. The Morgan fingerprint density at radius 1 is 1.46 bits per heavy atom. The van der Waals surface area contributed by atoms with Gasteiger partial charge in [0.15, 0.2) is 5.82 Å². The van der Waals surface area contributed by atoms with Crippen LogP contribution in [-0.4, -0.2) is 18.1 Å². The fourth-order valence-electron chi connectivity index (χ4n) is 1.67. The molecule has 2 nitrogen and oxygen atoms in total. The molecule has 1 unspecified atom stereocenters. The van der Waals surface area contributed by atoms with Gasteiger partial charge in [-0.3, -0.25) is 0 Å². The Balaban J connectivity index is 2.33. The highest BCUT2D eigenvalue weighted by Crippen LogP contribution is 2.24. The molecule has 2 heterocycles. The van der Waals surface area contributed by atoms with Gasteiger partial charge in [-0.1, -0.05) is 0 Å². The monoisotopic (exact) mass is 184 g/mol. The Kier molecular flexibility index (Phi) is 2.22. The van der Waals surface area contributed by atoms with Crippen LogP contribution in [0.15, 0.2) is 12.3 Å². The van der Waals surface area contributed by atoms with E-state index in [9.17, 15) is 8.78 Å². The Bertz CT molecular complexity index is 308. The molecule has 0 bridgehead atoms. The fourth-order valence-corrected chi connectivity index (χ4v) is 1.67. The Labute approximate surface area is 75.0 Å². The van der Waals surface area contributed by atoms with Gasteiger partial charge >= 0.3 is 0 Å². The van der Waals surface area contributed by atoms with Gasteiger partial charge in [0.1, 0.15) is 0 Å². The molecule has 1 saturated heterocycles. The van der Waals surface area contributed by atoms with Crippen molar-refractivity contribution in [2.24, 2.45) is 0 Å². The molecule has 1 N–H and O–H groups in total. The number of hydrogen-bond donors (Lipinski definition) is 1. The Morgan fingerprint density at radius 2 is 2.31 bits per heavy atom. The minimum atomic E-state index is -0.996. The molecule has 13 heavy (non-hydrogen) atoms. The third-order valence-corrected chi connectivity index (χ3v) is 2.38. The standard InChI is InChI=1S/C9H10F2N2/c10-8-7(2-4-13-9(8)11)6-1-3-12-5-6/h2,4,6,12H,1,3,5H2. The summed E-state index contributed by atoms with van der Waals surface area (Å²) in [5.41, 5.74) is 0.442. The van der Waals surface area contributed by atoms with Crippen LogP contribution in [0.25, 0.3) is 0 Å². The second-order valence-corrected chi connectivity index (χ2v) is 3.19. The smallest absolute Gasteiger partial charge is 0.249 e. The van der Waals surface area contributed by atoms with Crippen LogP contribution < -0.4 is 5.32 Å². The van der Waals surface area contributed by atoms with E-state index >= 15 is 0 Å². The molecule has 70 valence electrons. The second-order valence-electron chi connectivity index (χ2n) is 3.19. The highest BCUT2D eigenvalue weighted by Gasteiger charge is 2.21. The summed E-state index contributed by atoms with van der Waals surface area (Å²) in [6.07, 6.45) is 2.17. The minimum Gasteiger partial charge on any atom is -0.316 e. The summed E-state index contributed by atoms with van der Waals surface area (Å²) in [6.45, 7) is 1.59. The minimum absolute atomic E-state index is 0.0949. The normalized spacial score (nSPS) is 22.2. The molecule has 1 aliphatic heterocycles. The van der Waals surface area contributed by atoms with E-state index < -0.39 is 11.8 Å². The summed E-state index contributed by atoms with van der Waals surface area (Å²) in [5, 5.41) is 3.11. The maximum atomic E-state index is 13.2. The van der Waals surface area contributed by atoms with Gasteiger partial charge in [0.2, 0.25) is 5.95 Å². The van der Waals surface area contributed by atoms with E-state index in [0.717, 1.165) is 19.5 Å². The molecule has 0 saturated carbocycles. The molecule has 1 aliphatic rings. The van der Waals surface area contributed by atoms with Gasteiger partial charge in [-0.05, 0) is 24.6 Å². The van der Waals surface area contributed by atoms with Gasteiger partial charge in [0.05, 0.1) is 0 Å². The van der Waals surface area contributed by atoms with Crippen molar-refractivity contribution in [3.63, 3.8) is 0 Å². The molecule has 0 amide bonds. The third kappa shape index (κ3) is 1.54. The topological polar surface area (TPSA) is 24.9 Å². The first-order chi connectivity index (χ1) is 6.29. The van der Waals surface area contributed by atoms with Gasteiger partial charge < -0.3 is 5.32 Å². The highest BCUT2D eigenvalue weighted by atomic mass is 19.2. The molecule has 0 spiro atoms. The van der Waals surface area contributed by atoms with Crippen molar-refractivity contribution < 1.29 is 8.78 Å². The number of hydrogen-bond acceptors (Lipinski definition) is 2. The lowest BCUT2D eigenvalue weighted by Crippen LogP contribution is -2.09. The number of rotatable bonds is 1. The number of pyridine rings is 1. The third-order valence-electron chi connectivity index (χ3n) is 2.38. The van der Waals surface area contributed by atoms with E-state index in [2.05, 4.69) is 10.3 Å².